The molecule has 2 heterocycles. The third-order valence-electron chi connectivity index (χ3n) is 9.14. The summed E-state index contributed by atoms with van der Waals surface area (Å²) in [6, 6.07) is 4.38. The molecule has 28 heavy (non-hydrogen) atoms. The summed E-state index contributed by atoms with van der Waals surface area (Å²) in [7, 11) is 0. The van der Waals surface area contributed by atoms with E-state index in [1.165, 1.54) is 30.5 Å². The molecule has 4 atom stereocenters. The SMILES string of the molecule is CCC1(CC)C[C@H]2[C@H]3Cc4ccc(O)c5c4[C@@]2(CCN3CC2CC2)C(O5)C1=O. The number of Topliss-reactive ketones (excluding diaryl/α,β-unsaturated/α-hetero) is 1. The minimum absolute atomic E-state index is 0.211. The van der Waals surface area contributed by atoms with Crippen LogP contribution in [0.15, 0.2) is 12.1 Å². The number of phenols is 1. The molecular formula is C24H31NO3. The Morgan fingerprint density at radius 3 is 2.75 bits per heavy atom. The number of benzene rings is 1. The van der Waals surface area contributed by atoms with E-state index in [1.807, 2.05) is 0 Å². The predicted molar refractivity (Wildman–Crippen MR) is 107 cm³/mol. The van der Waals surface area contributed by atoms with Crippen molar-refractivity contribution in [1.82, 2.24) is 4.90 Å². The molecule has 1 aromatic rings. The van der Waals surface area contributed by atoms with Crippen molar-refractivity contribution in [3.8, 4) is 11.5 Å². The molecular weight excluding hydrogens is 350 g/mol. The molecule has 0 aromatic heterocycles. The number of likely N-dealkylation sites (tertiary alicyclic amines) is 1. The van der Waals surface area contributed by atoms with Crippen molar-refractivity contribution < 1.29 is 14.6 Å². The Labute approximate surface area is 167 Å². The normalized spacial score (nSPS) is 37.5. The lowest BCUT2D eigenvalue weighted by atomic mass is 9.46. The minimum atomic E-state index is -0.404. The summed E-state index contributed by atoms with van der Waals surface area (Å²) in [5.74, 6) is 2.48. The monoisotopic (exact) mass is 381 g/mol. The van der Waals surface area contributed by atoms with Crippen LogP contribution >= 0.6 is 0 Å². The number of rotatable bonds is 4. The van der Waals surface area contributed by atoms with Crippen LogP contribution in [0.3, 0.4) is 0 Å². The van der Waals surface area contributed by atoms with E-state index in [0.29, 0.717) is 23.5 Å². The number of ketones is 1. The second kappa shape index (κ2) is 5.53. The quantitative estimate of drug-likeness (QED) is 0.861. The van der Waals surface area contributed by atoms with Gasteiger partial charge in [-0.2, -0.15) is 0 Å². The van der Waals surface area contributed by atoms with Crippen molar-refractivity contribution in [1.29, 1.82) is 0 Å². The van der Waals surface area contributed by atoms with Crippen LogP contribution in [-0.2, 0) is 16.6 Å². The summed E-state index contributed by atoms with van der Waals surface area (Å²) in [6.45, 7) is 6.63. The van der Waals surface area contributed by atoms with Gasteiger partial charge in [0, 0.05) is 29.0 Å². The summed E-state index contributed by atoms with van der Waals surface area (Å²) >= 11 is 0. The average molecular weight is 382 g/mol. The summed E-state index contributed by atoms with van der Waals surface area (Å²) < 4.78 is 6.39. The molecule has 4 heteroatoms. The first-order valence-electron chi connectivity index (χ1n) is 11.3. The summed E-state index contributed by atoms with van der Waals surface area (Å²) in [4.78, 5) is 16.5. The molecule has 3 aliphatic carbocycles. The van der Waals surface area contributed by atoms with E-state index >= 15 is 0 Å². The molecule has 6 rings (SSSR count). The predicted octanol–water partition coefficient (Wildman–Crippen LogP) is 3.83. The van der Waals surface area contributed by atoms with Crippen LogP contribution < -0.4 is 4.74 Å². The van der Waals surface area contributed by atoms with E-state index in [-0.39, 0.29) is 16.6 Å². The van der Waals surface area contributed by atoms with Crippen molar-refractivity contribution in [2.24, 2.45) is 17.3 Å². The fraction of sp³-hybridized carbons (Fsp3) is 0.708. The van der Waals surface area contributed by atoms with Crippen molar-refractivity contribution in [3.63, 3.8) is 0 Å². The number of aromatic hydroxyl groups is 1. The molecule has 1 N–H and O–H groups in total. The molecule has 4 nitrogen and oxygen atoms in total. The van der Waals surface area contributed by atoms with Crippen molar-refractivity contribution >= 4 is 5.78 Å². The Balaban J connectivity index is 1.54. The van der Waals surface area contributed by atoms with Crippen LogP contribution in [0.1, 0.15) is 63.5 Å². The van der Waals surface area contributed by atoms with Gasteiger partial charge < -0.3 is 9.84 Å². The lowest BCUT2D eigenvalue weighted by Crippen LogP contribution is -2.69. The number of ether oxygens (including phenoxy) is 1. The second-order valence-corrected chi connectivity index (χ2v) is 10.1. The van der Waals surface area contributed by atoms with Gasteiger partial charge in [-0.25, -0.2) is 0 Å². The zero-order chi connectivity index (χ0) is 19.3. The molecule has 1 saturated heterocycles. The molecule has 3 fully saturated rings. The number of phenolic OH excluding ortho intramolecular Hbond substituents is 1. The van der Waals surface area contributed by atoms with Gasteiger partial charge in [0.2, 0.25) is 0 Å². The Bertz CT molecular complexity index is 856. The van der Waals surface area contributed by atoms with Crippen LogP contribution in [-0.4, -0.2) is 41.0 Å². The van der Waals surface area contributed by atoms with Gasteiger partial charge in [0.1, 0.15) is 0 Å². The zero-order valence-corrected chi connectivity index (χ0v) is 17.0. The number of piperidine rings is 1. The van der Waals surface area contributed by atoms with Crippen LogP contribution in [0.5, 0.6) is 11.5 Å². The van der Waals surface area contributed by atoms with Gasteiger partial charge in [-0.3, -0.25) is 9.69 Å². The molecule has 150 valence electrons. The molecule has 2 bridgehead atoms. The molecule has 1 aromatic carbocycles. The van der Waals surface area contributed by atoms with Crippen LogP contribution in [0.2, 0.25) is 0 Å². The standard InChI is InChI=1S/C24H31NO3/c1-3-23(4-2)12-16-17-11-15-7-8-18(26)20-19(15)24(16,22(28-20)21(23)27)9-10-25(17)13-14-5-6-14/h7-8,14,16-17,22,26H,3-6,9-13H2,1-2H3/t16-,17+,22?,24-/m0/s1. The minimum Gasteiger partial charge on any atom is -0.504 e. The molecule has 1 spiro atoms. The fourth-order valence-corrected chi connectivity index (χ4v) is 7.33. The largest absolute Gasteiger partial charge is 0.504 e. The Morgan fingerprint density at radius 2 is 2.04 bits per heavy atom. The van der Waals surface area contributed by atoms with Gasteiger partial charge in [-0.05, 0) is 75.0 Å². The van der Waals surface area contributed by atoms with Gasteiger partial charge in [-0.1, -0.05) is 19.9 Å². The maximum Gasteiger partial charge on any atom is 0.180 e. The molecule has 1 unspecified atom stereocenters. The third-order valence-corrected chi connectivity index (χ3v) is 9.14. The van der Waals surface area contributed by atoms with Crippen molar-refractivity contribution in [2.75, 3.05) is 13.1 Å². The van der Waals surface area contributed by atoms with Crippen molar-refractivity contribution in [3.05, 3.63) is 23.3 Å². The van der Waals surface area contributed by atoms with Crippen LogP contribution in [0.4, 0.5) is 0 Å². The average Bonchev–Trinajstić information content (AvgIpc) is 3.45. The number of carbonyl (C=O) groups excluding carboxylic acids is 1. The lowest BCUT2D eigenvalue weighted by molar-refractivity contribution is -0.157. The van der Waals surface area contributed by atoms with Crippen LogP contribution in [0, 0.1) is 17.3 Å². The van der Waals surface area contributed by atoms with Gasteiger partial charge in [-0.15, -0.1) is 0 Å². The van der Waals surface area contributed by atoms with E-state index in [0.717, 1.165) is 44.6 Å². The fourth-order valence-electron chi connectivity index (χ4n) is 7.33. The molecule has 2 aliphatic heterocycles. The second-order valence-electron chi connectivity index (χ2n) is 10.1. The zero-order valence-electron chi connectivity index (χ0n) is 17.0. The third kappa shape index (κ3) is 1.93. The Morgan fingerprint density at radius 1 is 1.25 bits per heavy atom. The number of nitrogens with zero attached hydrogens (tertiary/aromatic N) is 1. The molecule has 5 aliphatic rings. The highest BCUT2D eigenvalue weighted by atomic mass is 16.5. The van der Waals surface area contributed by atoms with Gasteiger partial charge in [0.05, 0.1) is 0 Å². The van der Waals surface area contributed by atoms with Crippen LogP contribution in [0.25, 0.3) is 0 Å². The van der Waals surface area contributed by atoms with E-state index in [1.54, 1.807) is 6.07 Å². The van der Waals surface area contributed by atoms with E-state index in [2.05, 4.69) is 24.8 Å². The Kier molecular flexibility index (Phi) is 3.42. The highest BCUT2D eigenvalue weighted by Crippen LogP contribution is 2.66. The molecule has 0 amide bonds. The van der Waals surface area contributed by atoms with Gasteiger partial charge in [0.25, 0.3) is 0 Å². The maximum absolute atomic E-state index is 13.8. The first-order chi connectivity index (χ1) is 13.5. The van der Waals surface area contributed by atoms with Crippen molar-refractivity contribution in [2.45, 2.75) is 76.4 Å². The van der Waals surface area contributed by atoms with E-state index < -0.39 is 6.10 Å². The highest BCUT2D eigenvalue weighted by molar-refractivity contribution is 5.94. The summed E-state index contributed by atoms with van der Waals surface area (Å²) in [5, 5.41) is 10.6. The van der Waals surface area contributed by atoms with Gasteiger partial charge >= 0.3 is 0 Å². The summed E-state index contributed by atoms with van der Waals surface area (Å²) in [6.07, 6.45) is 7.15. The Hall–Kier alpha value is -1.55. The first-order valence-corrected chi connectivity index (χ1v) is 11.3. The first kappa shape index (κ1) is 17.3. The topological polar surface area (TPSA) is 49.8 Å². The smallest absolute Gasteiger partial charge is 0.180 e. The lowest BCUT2D eigenvalue weighted by Gasteiger charge is -2.61. The summed E-state index contributed by atoms with van der Waals surface area (Å²) in [5.41, 5.74) is 2.02. The number of carbonyl (C=O) groups is 1. The maximum atomic E-state index is 13.8. The van der Waals surface area contributed by atoms with Gasteiger partial charge in [0.15, 0.2) is 23.4 Å². The molecule has 2 saturated carbocycles. The van der Waals surface area contributed by atoms with E-state index in [9.17, 15) is 9.90 Å². The van der Waals surface area contributed by atoms with E-state index in [4.69, 9.17) is 4.74 Å². The number of hydrogen-bond donors (Lipinski definition) is 1. The number of hydrogen-bond acceptors (Lipinski definition) is 4. The molecule has 0 radical (unpaired) electrons. The highest BCUT2D eigenvalue weighted by Gasteiger charge is 2.70.